The molecule has 0 saturated carbocycles. The second-order valence-corrected chi connectivity index (χ2v) is 6.98. The minimum absolute atomic E-state index is 0.425. The molecule has 0 spiro atoms. The van der Waals surface area contributed by atoms with E-state index in [1.807, 2.05) is 25.5 Å². The molecule has 0 aliphatic rings. The number of hydrogen-bond donors (Lipinski definition) is 2. The van der Waals surface area contributed by atoms with Crippen LogP contribution in [0.25, 0.3) is 0 Å². The highest BCUT2D eigenvalue weighted by Gasteiger charge is 2.08. The molecule has 1 unspecified atom stereocenters. The van der Waals surface area contributed by atoms with Crippen LogP contribution >= 0.6 is 11.3 Å². The van der Waals surface area contributed by atoms with E-state index in [0.717, 1.165) is 50.3 Å². The first-order chi connectivity index (χ1) is 12.6. The van der Waals surface area contributed by atoms with Crippen LogP contribution in [-0.2, 0) is 18.3 Å². The molecule has 0 saturated heterocycles. The molecule has 0 aromatic carbocycles. The van der Waals surface area contributed by atoms with Gasteiger partial charge in [0.1, 0.15) is 12.4 Å². The van der Waals surface area contributed by atoms with E-state index < -0.39 is 0 Å². The van der Waals surface area contributed by atoms with E-state index in [1.54, 1.807) is 11.3 Å². The molecule has 0 aliphatic heterocycles. The number of hydrogen-bond acceptors (Lipinski definition) is 5. The van der Waals surface area contributed by atoms with Crippen molar-refractivity contribution >= 4 is 17.3 Å². The van der Waals surface area contributed by atoms with Crippen LogP contribution in [0.15, 0.2) is 21.8 Å². The zero-order valence-electron chi connectivity index (χ0n) is 16.2. The minimum atomic E-state index is 0.425. The zero-order chi connectivity index (χ0) is 18.8. The molecule has 0 fully saturated rings. The summed E-state index contributed by atoms with van der Waals surface area (Å²) in [6.45, 7) is 9.80. The lowest BCUT2D eigenvalue weighted by Gasteiger charge is -2.16. The number of nitrogens with one attached hydrogen (secondary N) is 2. The fraction of sp³-hybridized carbons (Fsp3) is 0.611. The van der Waals surface area contributed by atoms with E-state index in [9.17, 15) is 0 Å². The van der Waals surface area contributed by atoms with E-state index in [0.29, 0.717) is 12.5 Å². The number of aryl methyl sites for hydroxylation is 1. The fourth-order valence-electron chi connectivity index (χ4n) is 2.36. The molecule has 0 amide bonds. The Morgan fingerprint density at radius 1 is 1.38 bits per heavy atom. The number of guanidine groups is 1. The Hall–Kier alpha value is -1.93. The monoisotopic (exact) mass is 378 g/mol. The van der Waals surface area contributed by atoms with Gasteiger partial charge in [-0.3, -0.25) is 0 Å². The summed E-state index contributed by atoms with van der Waals surface area (Å²) < 4.78 is 7.35. The van der Waals surface area contributed by atoms with Crippen LogP contribution in [0, 0.1) is 6.92 Å². The molecule has 1 atom stereocenters. The second-order valence-electron chi connectivity index (χ2n) is 6.20. The highest BCUT2D eigenvalue weighted by atomic mass is 32.1. The van der Waals surface area contributed by atoms with Gasteiger partial charge < -0.3 is 19.9 Å². The topological polar surface area (TPSA) is 76.4 Å². The zero-order valence-corrected chi connectivity index (χ0v) is 17.0. The number of ether oxygens (including phenoxy) is 1. The van der Waals surface area contributed by atoms with Crippen molar-refractivity contribution in [1.29, 1.82) is 0 Å². The molecule has 144 valence electrons. The molecule has 2 aromatic heterocycles. The fourth-order valence-corrected chi connectivity index (χ4v) is 3.14. The summed E-state index contributed by atoms with van der Waals surface area (Å²) in [7, 11) is 1.96. The summed E-state index contributed by atoms with van der Waals surface area (Å²) in [4.78, 5) is 4.67. The second kappa shape index (κ2) is 10.9. The van der Waals surface area contributed by atoms with Crippen LogP contribution in [0.5, 0.6) is 0 Å². The molecule has 7 nitrogen and oxygen atoms in total. The van der Waals surface area contributed by atoms with E-state index in [2.05, 4.69) is 49.6 Å². The van der Waals surface area contributed by atoms with Crippen molar-refractivity contribution in [2.24, 2.45) is 12.0 Å². The normalized spacial score (nSPS) is 13.0. The van der Waals surface area contributed by atoms with E-state index in [1.165, 1.54) is 5.56 Å². The predicted molar refractivity (Wildman–Crippen MR) is 107 cm³/mol. The van der Waals surface area contributed by atoms with Gasteiger partial charge >= 0.3 is 0 Å². The molecule has 8 heteroatoms. The molecular weight excluding hydrogens is 348 g/mol. The van der Waals surface area contributed by atoms with Gasteiger partial charge in [0.2, 0.25) is 0 Å². The van der Waals surface area contributed by atoms with Gasteiger partial charge in [0.25, 0.3) is 0 Å². The number of rotatable bonds is 10. The Bertz CT molecular complexity index is 667. The van der Waals surface area contributed by atoms with Gasteiger partial charge in [0.05, 0.1) is 0 Å². The van der Waals surface area contributed by atoms with Crippen molar-refractivity contribution in [2.45, 2.75) is 39.7 Å². The Morgan fingerprint density at radius 3 is 2.88 bits per heavy atom. The molecule has 0 radical (unpaired) electrons. The summed E-state index contributed by atoms with van der Waals surface area (Å²) in [5, 5.41) is 19.4. The number of aliphatic imine (C=N–C) groups is 1. The maximum Gasteiger partial charge on any atom is 0.191 e. The van der Waals surface area contributed by atoms with Crippen LogP contribution < -0.4 is 10.6 Å². The largest absolute Gasteiger partial charge is 0.382 e. The molecule has 0 bridgehead atoms. The quantitative estimate of drug-likeness (QED) is 0.377. The SMILES string of the molecule is CCOCCCNC(=NCc1nnc(C)n1C)NCC(C)c1ccsc1. The summed E-state index contributed by atoms with van der Waals surface area (Å²) in [6.07, 6.45) is 0.942. The van der Waals surface area contributed by atoms with Crippen molar-refractivity contribution in [2.75, 3.05) is 26.3 Å². The lowest BCUT2D eigenvalue weighted by Crippen LogP contribution is -2.40. The molecule has 2 aromatic rings. The summed E-state index contributed by atoms with van der Waals surface area (Å²) in [5.74, 6) is 2.96. The molecule has 2 heterocycles. The summed E-state index contributed by atoms with van der Waals surface area (Å²) in [6, 6.07) is 2.17. The summed E-state index contributed by atoms with van der Waals surface area (Å²) >= 11 is 1.73. The van der Waals surface area contributed by atoms with Crippen LogP contribution in [0.1, 0.15) is 43.4 Å². The molecule has 26 heavy (non-hydrogen) atoms. The molecule has 2 rings (SSSR count). The Labute approximate surface area is 159 Å². The number of nitrogens with zero attached hydrogens (tertiary/aromatic N) is 4. The summed E-state index contributed by atoms with van der Waals surface area (Å²) in [5.41, 5.74) is 1.35. The lowest BCUT2D eigenvalue weighted by atomic mass is 10.1. The van der Waals surface area contributed by atoms with Gasteiger partial charge in [-0.1, -0.05) is 6.92 Å². The molecule has 2 N–H and O–H groups in total. The minimum Gasteiger partial charge on any atom is -0.382 e. The van der Waals surface area contributed by atoms with Gasteiger partial charge in [-0.15, -0.1) is 10.2 Å². The van der Waals surface area contributed by atoms with Crippen molar-refractivity contribution in [1.82, 2.24) is 25.4 Å². The highest BCUT2D eigenvalue weighted by molar-refractivity contribution is 7.07. The van der Waals surface area contributed by atoms with E-state index in [4.69, 9.17) is 4.74 Å². The lowest BCUT2D eigenvalue weighted by molar-refractivity contribution is 0.145. The first-order valence-electron chi connectivity index (χ1n) is 9.08. The standard InChI is InChI=1S/C18H30N6OS/c1-5-25-9-6-8-19-18(20-11-14(2)16-7-10-26-13-16)21-12-17-23-22-15(3)24(17)4/h7,10,13-14H,5-6,8-9,11-12H2,1-4H3,(H2,19,20,21). The van der Waals surface area contributed by atoms with Gasteiger partial charge in [-0.2, -0.15) is 11.3 Å². The van der Waals surface area contributed by atoms with Crippen LogP contribution in [-0.4, -0.2) is 47.0 Å². The first kappa shape index (κ1) is 20.4. The first-order valence-corrected chi connectivity index (χ1v) is 10.0. The Balaban J connectivity index is 1.91. The number of thiophene rings is 1. The Morgan fingerprint density at radius 2 is 2.23 bits per heavy atom. The number of aromatic nitrogens is 3. The average molecular weight is 379 g/mol. The van der Waals surface area contributed by atoms with Gasteiger partial charge in [-0.05, 0) is 48.6 Å². The average Bonchev–Trinajstić information content (AvgIpc) is 3.28. The maximum atomic E-state index is 5.39. The van der Waals surface area contributed by atoms with Crippen LogP contribution in [0.4, 0.5) is 0 Å². The van der Waals surface area contributed by atoms with Crippen molar-refractivity contribution in [3.05, 3.63) is 34.0 Å². The van der Waals surface area contributed by atoms with Crippen LogP contribution in [0.3, 0.4) is 0 Å². The third-order valence-corrected chi connectivity index (χ3v) is 4.91. The smallest absolute Gasteiger partial charge is 0.191 e. The van der Waals surface area contributed by atoms with Gasteiger partial charge in [0, 0.05) is 33.4 Å². The Kier molecular flexibility index (Phi) is 8.57. The van der Waals surface area contributed by atoms with Crippen LogP contribution in [0.2, 0.25) is 0 Å². The third kappa shape index (κ3) is 6.42. The highest BCUT2D eigenvalue weighted by Crippen LogP contribution is 2.16. The third-order valence-electron chi connectivity index (χ3n) is 4.21. The van der Waals surface area contributed by atoms with Crippen molar-refractivity contribution < 1.29 is 4.74 Å². The van der Waals surface area contributed by atoms with Crippen molar-refractivity contribution in [3.63, 3.8) is 0 Å². The molecule has 0 aliphatic carbocycles. The van der Waals surface area contributed by atoms with E-state index >= 15 is 0 Å². The molecular formula is C18H30N6OS. The van der Waals surface area contributed by atoms with E-state index in [-0.39, 0.29) is 0 Å². The van der Waals surface area contributed by atoms with Crippen molar-refractivity contribution in [3.8, 4) is 0 Å². The van der Waals surface area contributed by atoms with Gasteiger partial charge in [-0.25, -0.2) is 4.99 Å². The van der Waals surface area contributed by atoms with Gasteiger partial charge in [0.15, 0.2) is 11.8 Å². The maximum absolute atomic E-state index is 5.39. The predicted octanol–water partition coefficient (Wildman–Crippen LogP) is 2.45.